The number of ether oxygens (including phenoxy) is 1. The average molecular weight is 315 g/mol. The second-order valence-corrected chi connectivity index (χ2v) is 5.70. The van der Waals surface area contributed by atoms with Crippen LogP contribution in [0.3, 0.4) is 0 Å². The first-order valence-corrected chi connectivity index (χ1v) is 7.32. The summed E-state index contributed by atoms with van der Waals surface area (Å²) in [5, 5.41) is 0.531. The minimum absolute atomic E-state index is 0.0801. The molecule has 0 saturated heterocycles. The van der Waals surface area contributed by atoms with E-state index in [1.54, 1.807) is 18.2 Å². The van der Waals surface area contributed by atoms with Crippen molar-refractivity contribution in [1.29, 1.82) is 0 Å². The van der Waals surface area contributed by atoms with E-state index in [2.05, 4.69) is 32.0 Å². The molecule has 1 aromatic heterocycles. The van der Waals surface area contributed by atoms with E-state index in [1.165, 1.54) is 17.4 Å². The van der Waals surface area contributed by atoms with Crippen LogP contribution in [0.2, 0.25) is 5.02 Å². The van der Waals surface area contributed by atoms with Gasteiger partial charge in [0.05, 0.1) is 5.39 Å². The van der Waals surface area contributed by atoms with E-state index < -0.39 is 0 Å². The van der Waals surface area contributed by atoms with E-state index in [0.717, 1.165) is 5.56 Å². The van der Waals surface area contributed by atoms with Gasteiger partial charge in [-0.1, -0.05) is 35.4 Å². The van der Waals surface area contributed by atoms with Crippen molar-refractivity contribution in [2.45, 2.75) is 20.5 Å². The Labute approximate surface area is 133 Å². The van der Waals surface area contributed by atoms with E-state index in [9.17, 15) is 4.79 Å². The maximum absolute atomic E-state index is 11.9. The molecule has 0 aliphatic heterocycles. The van der Waals surface area contributed by atoms with Gasteiger partial charge >= 0.3 is 0 Å². The number of aryl methyl sites for hydroxylation is 2. The smallest absolute Gasteiger partial charge is 0.211 e. The lowest BCUT2D eigenvalue weighted by Gasteiger charge is -2.10. The van der Waals surface area contributed by atoms with Crippen LogP contribution < -0.4 is 10.2 Å². The Hall–Kier alpha value is -2.26. The predicted octanol–water partition coefficient (Wildman–Crippen LogP) is 4.64. The number of benzene rings is 2. The van der Waals surface area contributed by atoms with E-state index in [4.69, 9.17) is 20.8 Å². The molecule has 3 rings (SSSR count). The zero-order valence-electron chi connectivity index (χ0n) is 12.4. The van der Waals surface area contributed by atoms with E-state index >= 15 is 0 Å². The molecule has 0 aliphatic rings. The quantitative estimate of drug-likeness (QED) is 0.707. The van der Waals surface area contributed by atoms with Gasteiger partial charge in [-0.15, -0.1) is 0 Å². The summed E-state index contributed by atoms with van der Waals surface area (Å²) in [6.45, 7) is 4.58. The Morgan fingerprint density at radius 3 is 2.77 bits per heavy atom. The molecule has 22 heavy (non-hydrogen) atoms. The highest BCUT2D eigenvalue weighted by Crippen LogP contribution is 2.22. The Morgan fingerprint density at radius 1 is 1.14 bits per heavy atom. The number of halogens is 1. The summed E-state index contributed by atoms with van der Waals surface area (Å²) in [5.74, 6) is 0.652. The zero-order valence-corrected chi connectivity index (χ0v) is 13.1. The number of hydrogen-bond acceptors (Lipinski definition) is 3. The molecule has 0 bridgehead atoms. The van der Waals surface area contributed by atoms with Gasteiger partial charge in [0.15, 0.2) is 0 Å². The first-order valence-electron chi connectivity index (χ1n) is 6.94. The molecule has 0 fully saturated rings. The van der Waals surface area contributed by atoms with Crippen LogP contribution in [0, 0.1) is 13.8 Å². The SMILES string of the molecule is Cc1ccc(C)c(COc2ccc3c(=O)c(Cl)coc3c2)c1. The van der Waals surface area contributed by atoms with Crippen molar-refractivity contribution >= 4 is 22.6 Å². The second-order valence-electron chi connectivity index (χ2n) is 5.29. The normalized spacial score (nSPS) is 10.9. The zero-order chi connectivity index (χ0) is 15.7. The maximum atomic E-state index is 11.9. The number of hydrogen-bond donors (Lipinski definition) is 0. The van der Waals surface area contributed by atoms with Crippen LogP contribution in [0.4, 0.5) is 0 Å². The van der Waals surface area contributed by atoms with Gasteiger partial charge in [0.1, 0.15) is 29.2 Å². The minimum atomic E-state index is -0.232. The lowest BCUT2D eigenvalue weighted by Crippen LogP contribution is -2.02. The van der Waals surface area contributed by atoms with Crippen molar-refractivity contribution in [3.05, 3.63) is 74.6 Å². The van der Waals surface area contributed by atoms with Crippen LogP contribution in [0.25, 0.3) is 11.0 Å². The summed E-state index contributed by atoms with van der Waals surface area (Å²) in [6, 6.07) is 11.4. The van der Waals surface area contributed by atoms with Gasteiger partial charge in [-0.2, -0.15) is 0 Å². The molecule has 2 aromatic carbocycles. The molecule has 0 unspecified atom stereocenters. The number of fused-ring (bicyclic) bond motifs is 1. The fraction of sp³-hybridized carbons (Fsp3) is 0.167. The molecule has 0 radical (unpaired) electrons. The molecule has 0 N–H and O–H groups in total. The van der Waals surface area contributed by atoms with E-state index in [0.29, 0.717) is 23.3 Å². The first kappa shape index (κ1) is 14.7. The van der Waals surface area contributed by atoms with Crippen LogP contribution in [-0.4, -0.2) is 0 Å². The third kappa shape index (κ3) is 2.85. The third-order valence-electron chi connectivity index (χ3n) is 3.60. The van der Waals surface area contributed by atoms with Crippen LogP contribution in [0.5, 0.6) is 5.75 Å². The van der Waals surface area contributed by atoms with Gasteiger partial charge in [0, 0.05) is 6.07 Å². The van der Waals surface area contributed by atoms with Gasteiger partial charge in [-0.3, -0.25) is 4.79 Å². The van der Waals surface area contributed by atoms with E-state index in [1.807, 2.05) is 0 Å². The third-order valence-corrected chi connectivity index (χ3v) is 3.86. The van der Waals surface area contributed by atoms with Crippen molar-refractivity contribution < 1.29 is 9.15 Å². The molecular weight excluding hydrogens is 300 g/mol. The van der Waals surface area contributed by atoms with Crippen molar-refractivity contribution in [3.8, 4) is 5.75 Å². The lowest BCUT2D eigenvalue weighted by molar-refractivity contribution is 0.305. The highest BCUT2D eigenvalue weighted by atomic mass is 35.5. The molecule has 3 aromatic rings. The van der Waals surface area contributed by atoms with Gasteiger partial charge in [0.25, 0.3) is 0 Å². The fourth-order valence-corrected chi connectivity index (χ4v) is 2.44. The maximum Gasteiger partial charge on any atom is 0.211 e. The Balaban J connectivity index is 1.87. The molecule has 0 atom stereocenters. The van der Waals surface area contributed by atoms with E-state index in [-0.39, 0.29) is 10.5 Å². The van der Waals surface area contributed by atoms with Crippen molar-refractivity contribution in [2.24, 2.45) is 0 Å². The fourth-order valence-electron chi connectivity index (χ4n) is 2.29. The van der Waals surface area contributed by atoms with Gasteiger partial charge < -0.3 is 9.15 Å². The van der Waals surface area contributed by atoms with Crippen LogP contribution >= 0.6 is 11.6 Å². The van der Waals surface area contributed by atoms with Gasteiger partial charge in [-0.25, -0.2) is 0 Å². The van der Waals surface area contributed by atoms with Crippen LogP contribution in [0.15, 0.2) is 51.9 Å². The highest BCUT2D eigenvalue weighted by molar-refractivity contribution is 6.30. The molecule has 112 valence electrons. The summed E-state index contributed by atoms with van der Waals surface area (Å²) >= 11 is 5.76. The molecule has 4 heteroatoms. The molecular formula is C18H15ClO3. The topological polar surface area (TPSA) is 39.4 Å². The summed E-state index contributed by atoms with van der Waals surface area (Å²) in [7, 11) is 0. The largest absolute Gasteiger partial charge is 0.489 e. The molecule has 0 spiro atoms. The first-order chi connectivity index (χ1) is 10.5. The van der Waals surface area contributed by atoms with Gasteiger partial charge in [0.2, 0.25) is 5.43 Å². The lowest BCUT2D eigenvalue weighted by atomic mass is 10.1. The summed E-state index contributed by atoms with van der Waals surface area (Å²) < 4.78 is 11.2. The van der Waals surface area contributed by atoms with Crippen LogP contribution in [0.1, 0.15) is 16.7 Å². The minimum Gasteiger partial charge on any atom is -0.489 e. The predicted molar refractivity (Wildman–Crippen MR) is 87.7 cm³/mol. The Kier molecular flexibility index (Phi) is 3.90. The summed E-state index contributed by atoms with van der Waals surface area (Å²) in [6.07, 6.45) is 1.25. The molecule has 0 saturated carbocycles. The molecule has 3 nitrogen and oxygen atoms in total. The standard InChI is InChI=1S/C18H15ClO3/c1-11-3-4-12(2)13(7-11)9-21-14-5-6-15-17(8-14)22-10-16(19)18(15)20/h3-8,10H,9H2,1-2H3. The summed E-state index contributed by atoms with van der Waals surface area (Å²) in [5.41, 5.74) is 3.75. The van der Waals surface area contributed by atoms with Crippen molar-refractivity contribution in [2.75, 3.05) is 0 Å². The van der Waals surface area contributed by atoms with Crippen molar-refractivity contribution in [3.63, 3.8) is 0 Å². The highest BCUT2D eigenvalue weighted by Gasteiger charge is 2.07. The Bertz CT molecular complexity index is 896. The van der Waals surface area contributed by atoms with Crippen molar-refractivity contribution in [1.82, 2.24) is 0 Å². The van der Waals surface area contributed by atoms with Crippen LogP contribution in [-0.2, 0) is 6.61 Å². The van der Waals surface area contributed by atoms with Gasteiger partial charge in [-0.05, 0) is 37.1 Å². The Morgan fingerprint density at radius 2 is 1.95 bits per heavy atom. The molecule has 1 heterocycles. The number of rotatable bonds is 3. The monoisotopic (exact) mass is 314 g/mol. The molecule has 0 aliphatic carbocycles. The average Bonchev–Trinajstić information content (AvgIpc) is 2.52. The molecule has 0 amide bonds. The second kappa shape index (κ2) is 5.85. The summed E-state index contributed by atoms with van der Waals surface area (Å²) in [4.78, 5) is 11.9.